The molecule has 0 radical (unpaired) electrons. The highest BCUT2D eigenvalue weighted by Crippen LogP contribution is 2.36. The fourth-order valence-corrected chi connectivity index (χ4v) is 3.84. The molecule has 1 amide bonds. The van der Waals surface area contributed by atoms with Crippen LogP contribution < -0.4 is 0 Å². The predicted octanol–water partition coefficient (Wildman–Crippen LogP) is 1.27. The van der Waals surface area contributed by atoms with E-state index < -0.39 is 0 Å². The zero-order chi connectivity index (χ0) is 14.7. The Hall–Kier alpha value is -0.650. The van der Waals surface area contributed by atoms with Crippen LogP contribution >= 0.6 is 0 Å². The minimum absolute atomic E-state index is 0.0236. The lowest BCUT2D eigenvalue weighted by atomic mass is 9.88. The number of carbonyl (C=O) groups excluding carboxylic acids is 1. The fourth-order valence-electron chi connectivity index (χ4n) is 3.84. The first kappa shape index (κ1) is 15.3. The molecule has 3 fully saturated rings. The van der Waals surface area contributed by atoms with Gasteiger partial charge in [0.15, 0.2) is 0 Å². The van der Waals surface area contributed by atoms with E-state index in [1.165, 1.54) is 25.9 Å². The first-order chi connectivity index (χ1) is 10.2. The fraction of sp³-hybridized carbons (Fsp3) is 0.938. The molecular weight excluding hydrogens is 268 g/mol. The van der Waals surface area contributed by atoms with E-state index in [1.807, 2.05) is 4.90 Å². The summed E-state index contributed by atoms with van der Waals surface area (Å²) in [6.45, 7) is 8.37. The molecule has 5 nitrogen and oxygen atoms in total. The van der Waals surface area contributed by atoms with Crippen molar-refractivity contribution in [1.29, 1.82) is 0 Å². The summed E-state index contributed by atoms with van der Waals surface area (Å²) in [4.78, 5) is 15.8. The average molecular weight is 296 g/mol. The summed E-state index contributed by atoms with van der Waals surface area (Å²) in [5, 5.41) is 0. The molecule has 3 aliphatic heterocycles. The van der Waals surface area contributed by atoms with Gasteiger partial charge in [-0.05, 0) is 38.8 Å². The number of likely N-dealkylation sites (tertiary alicyclic amines) is 2. The molecule has 3 saturated heterocycles. The number of piperidine rings is 1. The van der Waals surface area contributed by atoms with Gasteiger partial charge in [0, 0.05) is 33.0 Å². The van der Waals surface area contributed by atoms with Crippen molar-refractivity contribution in [2.24, 2.45) is 0 Å². The Kier molecular flexibility index (Phi) is 4.82. The zero-order valence-corrected chi connectivity index (χ0v) is 13.2. The minimum Gasteiger partial charge on any atom is -0.374 e. The normalized spacial score (nSPS) is 29.4. The second kappa shape index (κ2) is 6.63. The van der Waals surface area contributed by atoms with Gasteiger partial charge in [0.1, 0.15) is 0 Å². The summed E-state index contributed by atoms with van der Waals surface area (Å²) in [5.74, 6) is 0.182. The lowest BCUT2D eigenvalue weighted by Crippen LogP contribution is -2.45. The van der Waals surface area contributed by atoms with E-state index in [9.17, 15) is 4.79 Å². The Labute approximate surface area is 127 Å². The van der Waals surface area contributed by atoms with Crippen LogP contribution in [0.15, 0.2) is 0 Å². The molecule has 3 aliphatic rings. The lowest BCUT2D eigenvalue weighted by Gasteiger charge is -2.38. The quantitative estimate of drug-likeness (QED) is 0.783. The van der Waals surface area contributed by atoms with E-state index in [0.29, 0.717) is 0 Å². The van der Waals surface area contributed by atoms with E-state index >= 15 is 0 Å². The number of ether oxygens (including phenoxy) is 2. The molecule has 0 aromatic carbocycles. The Balaban J connectivity index is 1.38. The van der Waals surface area contributed by atoms with E-state index in [1.54, 1.807) is 6.92 Å². The topological polar surface area (TPSA) is 42.0 Å². The Morgan fingerprint density at radius 3 is 2.62 bits per heavy atom. The minimum atomic E-state index is -0.0236. The monoisotopic (exact) mass is 296 g/mol. The van der Waals surface area contributed by atoms with Crippen LogP contribution in [-0.2, 0) is 14.3 Å². The zero-order valence-electron chi connectivity index (χ0n) is 13.2. The van der Waals surface area contributed by atoms with Crippen molar-refractivity contribution in [1.82, 2.24) is 9.80 Å². The van der Waals surface area contributed by atoms with Crippen molar-refractivity contribution < 1.29 is 14.3 Å². The molecule has 0 saturated carbocycles. The van der Waals surface area contributed by atoms with Crippen LogP contribution in [0.5, 0.6) is 0 Å². The molecular formula is C16H28N2O3. The molecule has 3 rings (SSSR count). The van der Waals surface area contributed by atoms with E-state index in [0.717, 1.165) is 52.1 Å². The lowest BCUT2D eigenvalue weighted by molar-refractivity contribution is -0.133. The largest absolute Gasteiger partial charge is 0.374 e. The van der Waals surface area contributed by atoms with Crippen molar-refractivity contribution in [3.05, 3.63) is 0 Å². The summed E-state index contributed by atoms with van der Waals surface area (Å²) < 4.78 is 12.1. The summed E-state index contributed by atoms with van der Waals surface area (Å²) in [7, 11) is 0. The Morgan fingerprint density at radius 2 is 1.95 bits per heavy atom. The highest BCUT2D eigenvalue weighted by Gasteiger charge is 2.43. The first-order valence-electron chi connectivity index (χ1n) is 8.40. The molecule has 21 heavy (non-hydrogen) atoms. The number of hydrogen-bond donors (Lipinski definition) is 0. The number of amides is 1. The highest BCUT2D eigenvalue weighted by atomic mass is 16.6. The molecule has 1 atom stereocenters. The summed E-state index contributed by atoms with van der Waals surface area (Å²) in [5.41, 5.74) is -0.0236. The van der Waals surface area contributed by atoms with Crippen LogP contribution in [0.25, 0.3) is 0 Å². The number of rotatable bonds is 4. The maximum absolute atomic E-state index is 11.4. The third-order valence-corrected chi connectivity index (χ3v) is 5.25. The van der Waals surface area contributed by atoms with Crippen molar-refractivity contribution in [2.45, 2.75) is 50.7 Å². The third kappa shape index (κ3) is 3.76. The van der Waals surface area contributed by atoms with Gasteiger partial charge in [-0.15, -0.1) is 0 Å². The molecule has 0 aromatic heterocycles. The Bertz CT molecular complexity index is 361. The summed E-state index contributed by atoms with van der Waals surface area (Å²) in [6.07, 6.45) is 5.83. The van der Waals surface area contributed by atoms with Gasteiger partial charge in [-0.3, -0.25) is 4.79 Å². The van der Waals surface area contributed by atoms with Gasteiger partial charge in [-0.2, -0.15) is 0 Å². The predicted molar refractivity (Wildman–Crippen MR) is 80.2 cm³/mol. The molecule has 0 aliphatic carbocycles. The highest BCUT2D eigenvalue weighted by molar-refractivity contribution is 5.73. The molecule has 5 heteroatoms. The molecule has 1 spiro atoms. The standard InChI is InChI=1S/C16H28N2O3/c1-14(19)18-8-4-16(5-9-18)12-15(13-21-16)20-11-10-17-6-2-3-7-17/h15H,2-13H2,1H3/t15-/m0/s1. The van der Waals surface area contributed by atoms with E-state index in [-0.39, 0.29) is 17.6 Å². The second-order valence-electron chi connectivity index (χ2n) is 6.75. The molecule has 0 N–H and O–H groups in total. The van der Waals surface area contributed by atoms with Gasteiger partial charge in [0.05, 0.1) is 24.9 Å². The van der Waals surface area contributed by atoms with Gasteiger partial charge in [0.25, 0.3) is 0 Å². The van der Waals surface area contributed by atoms with Crippen LogP contribution in [-0.4, -0.2) is 73.3 Å². The average Bonchev–Trinajstić information content (AvgIpc) is 3.11. The molecule has 0 aromatic rings. The van der Waals surface area contributed by atoms with Gasteiger partial charge in [-0.1, -0.05) is 0 Å². The van der Waals surface area contributed by atoms with Gasteiger partial charge >= 0.3 is 0 Å². The summed E-state index contributed by atoms with van der Waals surface area (Å²) in [6, 6.07) is 0. The van der Waals surface area contributed by atoms with E-state index in [4.69, 9.17) is 9.47 Å². The van der Waals surface area contributed by atoms with Crippen molar-refractivity contribution >= 4 is 5.91 Å². The first-order valence-corrected chi connectivity index (χ1v) is 8.40. The smallest absolute Gasteiger partial charge is 0.219 e. The van der Waals surface area contributed by atoms with Gasteiger partial charge in [-0.25, -0.2) is 0 Å². The number of hydrogen-bond acceptors (Lipinski definition) is 4. The summed E-state index contributed by atoms with van der Waals surface area (Å²) >= 11 is 0. The van der Waals surface area contributed by atoms with Crippen LogP contribution in [0.3, 0.4) is 0 Å². The molecule has 3 heterocycles. The van der Waals surface area contributed by atoms with Crippen molar-refractivity contribution in [2.75, 3.05) is 45.9 Å². The maximum atomic E-state index is 11.4. The van der Waals surface area contributed by atoms with Crippen LogP contribution in [0.4, 0.5) is 0 Å². The Morgan fingerprint density at radius 1 is 1.24 bits per heavy atom. The third-order valence-electron chi connectivity index (χ3n) is 5.25. The second-order valence-corrected chi connectivity index (χ2v) is 6.75. The maximum Gasteiger partial charge on any atom is 0.219 e. The number of carbonyl (C=O) groups is 1. The molecule has 120 valence electrons. The van der Waals surface area contributed by atoms with Crippen LogP contribution in [0.2, 0.25) is 0 Å². The number of nitrogens with zero attached hydrogens (tertiary/aromatic N) is 2. The van der Waals surface area contributed by atoms with Crippen LogP contribution in [0.1, 0.15) is 39.0 Å². The van der Waals surface area contributed by atoms with Crippen LogP contribution in [0, 0.1) is 0 Å². The molecule has 0 bridgehead atoms. The SMILES string of the molecule is CC(=O)N1CCC2(CC1)C[C@H](OCCN1CCCC1)CO2. The van der Waals surface area contributed by atoms with Crippen molar-refractivity contribution in [3.8, 4) is 0 Å². The van der Waals surface area contributed by atoms with Gasteiger partial charge in [0.2, 0.25) is 5.91 Å². The van der Waals surface area contributed by atoms with Crippen molar-refractivity contribution in [3.63, 3.8) is 0 Å². The van der Waals surface area contributed by atoms with Gasteiger partial charge < -0.3 is 19.3 Å². The van der Waals surface area contributed by atoms with E-state index in [2.05, 4.69) is 4.90 Å². The molecule has 0 unspecified atom stereocenters.